The van der Waals surface area contributed by atoms with E-state index in [2.05, 4.69) is 26.4 Å². The second-order valence-electron chi connectivity index (χ2n) is 9.25. The number of benzene rings is 3. The SMILES string of the molecule is CO[C@H]1C/C(=N/OS(=O)(=O)c2ccc(C)cc2)C[C@@H](c2cccc(Cl)c2)[C@]12C(=O)Nc1cc(Br)ccc12. The maximum Gasteiger partial charge on any atom is 0.358 e. The van der Waals surface area contributed by atoms with Crippen molar-refractivity contribution in [1.82, 2.24) is 0 Å². The van der Waals surface area contributed by atoms with Crippen LogP contribution in [0, 0.1) is 6.92 Å². The van der Waals surface area contributed by atoms with Crippen molar-refractivity contribution in [3.8, 4) is 0 Å². The minimum atomic E-state index is -4.12. The summed E-state index contributed by atoms with van der Waals surface area (Å²) in [5, 5.41) is 7.63. The Kier molecular flexibility index (Phi) is 6.91. The zero-order valence-electron chi connectivity index (χ0n) is 20.1. The molecule has 3 aromatic carbocycles. The lowest BCUT2D eigenvalue weighted by Gasteiger charge is -2.45. The number of amides is 1. The number of halogens is 2. The fraction of sp³-hybridized carbons (Fsp3) is 0.259. The van der Waals surface area contributed by atoms with Crippen LogP contribution in [0.2, 0.25) is 5.02 Å². The smallest absolute Gasteiger partial charge is 0.358 e. The van der Waals surface area contributed by atoms with Gasteiger partial charge in [-0.25, -0.2) is 0 Å². The molecule has 1 aliphatic carbocycles. The second kappa shape index (κ2) is 9.87. The molecule has 1 amide bonds. The maximum atomic E-state index is 13.8. The molecule has 0 radical (unpaired) electrons. The number of oxime groups is 1. The summed E-state index contributed by atoms with van der Waals surface area (Å²) in [6.45, 7) is 1.87. The van der Waals surface area contributed by atoms with Crippen LogP contribution in [0.4, 0.5) is 5.69 Å². The van der Waals surface area contributed by atoms with Crippen LogP contribution < -0.4 is 5.32 Å². The highest BCUT2D eigenvalue weighted by Crippen LogP contribution is 2.55. The van der Waals surface area contributed by atoms with Crippen LogP contribution in [-0.4, -0.2) is 33.3 Å². The number of aryl methyl sites for hydroxylation is 1. The topological polar surface area (TPSA) is 94.1 Å². The van der Waals surface area contributed by atoms with Gasteiger partial charge in [-0.15, -0.1) is 0 Å². The molecule has 3 aromatic rings. The molecule has 10 heteroatoms. The van der Waals surface area contributed by atoms with Crippen molar-refractivity contribution < 1.29 is 22.2 Å². The van der Waals surface area contributed by atoms with Crippen molar-refractivity contribution in [2.45, 2.75) is 42.1 Å². The highest BCUT2D eigenvalue weighted by atomic mass is 79.9. The normalized spacial score (nSPS) is 24.2. The molecular formula is C27H24BrClN2O5S. The van der Waals surface area contributed by atoms with E-state index < -0.39 is 27.6 Å². The zero-order chi connectivity index (χ0) is 26.4. The molecule has 1 saturated carbocycles. The number of fused-ring (bicyclic) bond motifs is 2. The van der Waals surface area contributed by atoms with E-state index in [1.54, 1.807) is 25.3 Å². The van der Waals surface area contributed by atoms with E-state index in [1.165, 1.54) is 12.1 Å². The Morgan fingerprint density at radius 2 is 1.84 bits per heavy atom. The van der Waals surface area contributed by atoms with Gasteiger partial charge in [0.25, 0.3) is 0 Å². The number of ether oxygens (including phenoxy) is 1. The van der Waals surface area contributed by atoms with Crippen molar-refractivity contribution in [1.29, 1.82) is 0 Å². The quantitative estimate of drug-likeness (QED) is 0.364. The summed E-state index contributed by atoms with van der Waals surface area (Å²) in [5.74, 6) is -0.638. The fourth-order valence-corrected chi connectivity index (χ4v) is 6.69. The molecule has 1 N–H and O–H groups in total. The lowest BCUT2D eigenvalue weighted by molar-refractivity contribution is -0.128. The molecule has 7 nitrogen and oxygen atoms in total. The van der Waals surface area contributed by atoms with Crippen LogP contribution in [-0.2, 0) is 29.3 Å². The Bertz CT molecular complexity index is 1510. The molecule has 192 valence electrons. The van der Waals surface area contributed by atoms with Gasteiger partial charge < -0.3 is 10.1 Å². The number of nitrogens with zero attached hydrogens (tertiary/aromatic N) is 1. The molecule has 1 heterocycles. The van der Waals surface area contributed by atoms with E-state index in [0.29, 0.717) is 16.4 Å². The van der Waals surface area contributed by atoms with Crippen LogP contribution in [0.1, 0.15) is 35.4 Å². The van der Waals surface area contributed by atoms with Crippen molar-refractivity contribution in [2.75, 3.05) is 12.4 Å². The Morgan fingerprint density at radius 1 is 1.08 bits per heavy atom. The average molecular weight is 604 g/mol. The Balaban J connectivity index is 1.59. The minimum absolute atomic E-state index is 0.0130. The van der Waals surface area contributed by atoms with E-state index >= 15 is 0 Å². The first-order valence-corrected chi connectivity index (χ1v) is 14.2. The molecule has 0 aromatic heterocycles. The summed E-state index contributed by atoms with van der Waals surface area (Å²) in [6, 6.07) is 19.3. The molecule has 5 rings (SSSR count). The molecule has 1 spiro atoms. The van der Waals surface area contributed by atoms with Gasteiger partial charge in [0, 0.05) is 34.6 Å². The van der Waals surface area contributed by atoms with E-state index in [-0.39, 0.29) is 23.6 Å². The van der Waals surface area contributed by atoms with Crippen LogP contribution in [0.3, 0.4) is 0 Å². The zero-order valence-corrected chi connectivity index (χ0v) is 23.2. The van der Waals surface area contributed by atoms with Gasteiger partial charge in [0.15, 0.2) is 0 Å². The van der Waals surface area contributed by atoms with Gasteiger partial charge in [-0.2, -0.15) is 8.42 Å². The van der Waals surface area contributed by atoms with Crippen LogP contribution in [0.5, 0.6) is 0 Å². The van der Waals surface area contributed by atoms with E-state index in [9.17, 15) is 13.2 Å². The monoisotopic (exact) mass is 602 g/mol. The average Bonchev–Trinajstić information content (AvgIpc) is 3.14. The van der Waals surface area contributed by atoms with Crippen molar-refractivity contribution in [3.05, 3.63) is 92.9 Å². The summed E-state index contributed by atoms with van der Waals surface area (Å²) in [7, 11) is -2.57. The lowest BCUT2D eigenvalue weighted by atomic mass is 9.59. The van der Waals surface area contributed by atoms with Crippen LogP contribution in [0.25, 0.3) is 0 Å². The van der Waals surface area contributed by atoms with E-state index in [0.717, 1.165) is 21.2 Å². The Morgan fingerprint density at radius 3 is 2.54 bits per heavy atom. The van der Waals surface area contributed by atoms with Crippen LogP contribution in [0.15, 0.2) is 81.3 Å². The number of anilines is 1. The molecule has 1 fully saturated rings. The summed E-state index contributed by atoms with van der Waals surface area (Å²) < 4.78 is 37.5. The first-order chi connectivity index (χ1) is 17.6. The highest BCUT2D eigenvalue weighted by Gasteiger charge is 2.60. The minimum Gasteiger partial charge on any atom is -0.380 e. The van der Waals surface area contributed by atoms with Gasteiger partial charge >= 0.3 is 10.1 Å². The number of hydrogen-bond donors (Lipinski definition) is 1. The molecule has 2 aliphatic rings. The molecule has 37 heavy (non-hydrogen) atoms. The predicted octanol–water partition coefficient (Wildman–Crippen LogP) is 5.95. The predicted molar refractivity (Wildman–Crippen MR) is 146 cm³/mol. The lowest BCUT2D eigenvalue weighted by Crippen LogP contribution is -2.55. The van der Waals surface area contributed by atoms with Gasteiger partial charge in [0.05, 0.1) is 11.8 Å². The summed E-state index contributed by atoms with van der Waals surface area (Å²) in [6.07, 6.45) is -0.163. The second-order valence-corrected chi connectivity index (χ2v) is 12.1. The number of nitrogens with one attached hydrogen (secondary N) is 1. The third kappa shape index (κ3) is 4.58. The third-order valence-corrected chi connectivity index (χ3v) is 8.93. The number of carbonyl (C=O) groups is 1. The summed E-state index contributed by atoms with van der Waals surface area (Å²) in [4.78, 5) is 13.8. The van der Waals surface area contributed by atoms with Gasteiger partial charge in [0.1, 0.15) is 10.3 Å². The maximum absolute atomic E-state index is 13.8. The molecule has 3 atom stereocenters. The number of hydrogen-bond acceptors (Lipinski definition) is 6. The molecule has 0 bridgehead atoms. The third-order valence-electron chi connectivity index (χ3n) is 7.08. The van der Waals surface area contributed by atoms with Gasteiger partial charge in [-0.05, 0) is 60.9 Å². The number of methoxy groups -OCH3 is 1. The van der Waals surface area contributed by atoms with Crippen LogP contribution >= 0.6 is 27.5 Å². The van der Waals surface area contributed by atoms with Crippen molar-refractivity contribution in [3.63, 3.8) is 0 Å². The standard InChI is InChI=1S/C27H24BrClN2O5S/c1-16-6-9-21(10-7-16)37(33,34)36-31-20-14-23(17-4-3-5-19(29)12-17)27(25(15-20)35-2)22-11-8-18(28)13-24(22)30-26(27)32/h3-13,23,25H,14-15H2,1-2H3,(H,30,32)/b31-20+/t23-,25-,27-/m0/s1. The van der Waals surface area contributed by atoms with Crippen molar-refractivity contribution in [2.24, 2.45) is 5.16 Å². The van der Waals surface area contributed by atoms with E-state index in [4.69, 9.17) is 20.6 Å². The number of rotatable bonds is 5. The highest BCUT2D eigenvalue weighted by molar-refractivity contribution is 9.10. The van der Waals surface area contributed by atoms with Gasteiger partial charge in [-0.1, -0.05) is 68.6 Å². The van der Waals surface area contributed by atoms with E-state index in [1.807, 2.05) is 43.3 Å². The molecule has 0 saturated heterocycles. The summed E-state index contributed by atoms with van der Waals surface area (Å²) in [5.41, 5.74) is 2.64. The Hall–Kier alpha value is -2.72. The first kappa shape index (κ1) is 25.9. The van der Waals surface area contributed by atoms with Crippen molar-refractivity contribution >= 4 is 55.0 Å². The Labute approximate surface area is 229 Å². The molecular weight excluding hydrogens is 580 g/mol. The first-order valence-electron chi connectivity index (χ1n) is 11.6. The largest absolute Gasteiger partial charge is 0.380 e. The van der Waals surface area contributed by atoms with Gasteiger partial charge in [0.2, 0.25) is 5.91 Å². The summed E-state index contributed by atoms with van der Waals surface area (Å²) >= 11 is 9.83. The molecule has 1 aliphatic heterocycles. The van der Waals surface area contributed by atoms with Gasteiger partial charge in [-0.3, -0.25) is 9.08 Å². The number of carbonyl (C=O) groups excluding carboxylic acids is 1. The fourth-order valence-electron chi connectivity index (χ4n) is 5.37. The molecule has 0 unspecified atom stereocenters.